The third-order valence-electron chi connectivity index (χ3n) is 2.15. The lowest BCUT2D eigenvalue weighted by molar-refractivity contribution is -0.137. The van der Waals surface area contributed by atoms with Crippen LogP contribution >= 0.6 is 0 Å². The minimum atomic E-state index is -0.696. The Balaban J connectivity index is 0.000000262. The number of hydrogen-bond donors (Lipinski definition) is 2. The SMILES string of the molecule is CC(C)CCC(=O)O.CC1CCC(=O)N1. The van der Waals surface area contributed by atoms with Gasteiger partial charge in [-0.3, -0.25) is 9.59 Å². The van der Waals surface area contributed by atoms with Crippen LogP contribution in [0.25, 0.3) is 0 Å². The first kappa shape index (κ1) is 13.9. The van der Waals surface area contributed by atoms with Crippen LogP contribution < -0.4 is 5.32 Å². The van der Waals surface area contributed by atoms with E-state index in [2.05, 4.69) is 5.32 Å². The van der Waals surface area contributed by atoms with E-state index in [1.165, 1.54) is 0 Å². The molecule has 1 aliphatic heterocycles. The second kappa shape index (κ2) is 7.26. The molecule has 0 bridgehead atoms. The van der Waals surface area contributed by atoms with Gasteiger partial charge in [-0.2, -0.15) is 0 Å². The van der Waals surface area contributed by atoms with Crippen LogP contribution in [0.1, 0.15) is 46.5 Å². The molecular weight excluding hydrogens is 194 g/mol. The molecular formula is C11H21NO3. The standard InChI is InChI=1S/C6H12O2.C5H9NO/c1-5(2)3-4-6(7)8;1-4-2-3-5(7)6-4/h5H,3-4H2,1-2H3,(H,7,8);4H,2-3H2,1H3,(H,6,7). The van der Waals surface area contributed by atoms with E-state index in [4.69, 9.17) is 5.11 Å². The molecule has 1 heterocycles. The zero-order valence-electron chi connectivity index (χ0n) is 9.75. The minimum Gasteiger partial charge on any atom is -0.481 e. The van der Waals surface area contributed by atoms with Crippen molar-refractivity contribution in [2.45, 2.75) is 52.5 Å². The number of carboxylic acid groups (broad SMARTS) is 1. The maximum atomic E-state index is 10.3. The van der Waals surface area contributed by atoms with Gasteiger partial charge in [0.05, 0.1) is 0 Å². The van der Waals surface area contributed by atoms with Crippen LogP contribution in [0.4, 0.5) is 0 Å². The van der Waals surface area contributed by atoms with Crippen molar-refractivity contribution in [2.75, 3.05) is 0 Å². The summed E-state index contributed by atoms with van der Waals surface area (Å²) in [6, 6.07) is 0.424. The molecule has 0 aliphatic carbocycles. The Morgan fingerprint density at radius 3 is 2.33 bits per heavy atom. The van der Waals surface area contributed by atoms with E-state index in [-0.39, 0.29) is 5.91 Å². The number of rotatable bonds is 3. The Hall–Kier alpha value is -1.06. The number of carboxylic acids is 1. The zero-order chi connectivity index (χ0) is 11.8. The second-order valence-electron chi connectivity index (χ2n) is 4.33. The number of aliphatic carboxylic acids is 1. The van der Waals surface area contributed by atoms with Crippen molar-refractivity contribution in [1.29, 1.82) is 0 Å². The summed E-state index contributed by atoms with van der Waals surface area (Å²) in [4.78, 5) is 20.2. The number of amides is 1. The summed E-state index contributed by atoms with van der Waals surface area (Å²) >= 11 is 0. The Labute approximate surface area is 91.1 Å². The molecule has 15 heavy (non-hydrogen) atoms. The molecule has 0 saturated carbocycles. The molecule has 0 spiro atoms. The molecule has 1 aliphatic rings. The Bertz CT molecular complexity index is 214. The van der Waals surface area contributed by atoms with E-state index in [1.54, 1.807) is 0 Å². The van der Waals surface area contributed by atoms with Gasteiger partial charge in [0.15, 0.2) is 0 Å². The van der Waals surface area contributed by atoms with E-state index in [0.717, 1.165) is 19.3 Å². The molecule has 0 radical (unpaired) electrons. The van der Waals surface area contributed by atoms with Gasteiger partial charge in [0.25, 0.3) is 0 Å². The van der Waals surface area contributed by atoms with Gasteiger partial charge in [-0.1, -0.05) is 13.8 Å². The second-order valence-corrected chi connectivity index (χ2v) is 4.33. The predicted octanol–water partition coefficient (Wildman–Crippen LogP) is 1.79. The van der Waals surface area contributed by atoms with E-state index in [1.807, 2.05) is 20.8 Å². The van der Waals surface area contributed by atoms with Gasteiger partial charge in [-0.15, -0.1) is 0 Å². The van der Waals surface area contributed by atoms with Crippen LogP contribution in [0.15, 0.2) is 0 Å². The summed E-state index contributed by atoms with van der Waals surface area (Å²) in [5, 5.41) is 10.9. The van der Waals surface area contributed by atoms with E-state index >= 15 is 0 Å². The smallest absolute Gasteiger partial charge is 0.303 e. The molecule has 1 amide bonds. The minimum absolute atomic E-state index is 0.201. The fraction of sp³-hybridized carbons (Fsp3) is 0.818. The Kier molecular flexibility index (Phi) is 6.75. The molecule has 1 saturated heterocycles. The third kappa shape index (κ3) is 9.25. The van der Waals surface area contributed by atoms with Crippen LogP contribution in [0.3, 0.4) is 0 Å². The van der Waals surface area contributed by atoms with Gasteiger partial charge in [-0.05, 0) is 25.7 Å². The first-order chi connectivity index (χ1) is 6.91. The average Bonchev–Trinajstić information content (AvgIpc) is 2.47. The topological polar surface area (TPSA) is 66.4 Å². The summed E-state index contributed by atoms with van der Waals surface area (Å²) in [6.45, 7) is 6.05. The maximum Gasteiger partial charge on any atom is 0.303 e. The fourth-order valence-electron chi connectivity index (χ4n) is 1.18. The summed E-state index contributed by atoms with van der Waals surface area (Å²) in [5.74, 6) is 0.0114. The van der Waals surface area contributed by atoms with Crippen LogP contribution in [0.5, 0.6) is 0 Å². The van der Waals surface area contributed by atoms with Gasteiger partial charge in [-0.25, -0.2) is 0 Å². The number of carbonyl (C=O) groups is 2. The summed E-state index contributed by atoms with van der Waals surface area (Å²) < 4.78 is 0. The molecule has 0 aromatic carbocycles. The number of hydrogen-bond acceptors (Lipinski definition) is 2. The van der Waals surface area contributed by atoms with E-state index in [9.17, 15) is 9.59 Å². The quantitative estimate of drug-likeness (QED) is 0.754. The largest absolute Gasteiger partial charge is 0.481 e. The molecule has 1 fully saturated rings. The molecule has 4 nitrogen and oxygen atoms in total. The van der Waals surface area contributed by atoms with Gasteiger partial charge >= 0.3 is 5.97 Å². The predicted molar refractivity (Wildman–Crippen MR) is 58.5 cm³/mol. The lowest BCUT2D eigenvalue weighted by Crippen LogP contribution is -2.21. The average molecular weight is 215 g/mol. The van der Waals surface area contributed by atoms with Gasteiger partial charge in [0.2, 0.25) is 5.91 Å². The van der Waals surface area contributed by atoms with Crippen LogP contribution in [0, 0.1) is 5.92 Å². The fourth-order valence-corrected chi connectivity index (χ4v) is 1.18. The molecule has 0 aromatic rings. The highest BCUT2D eigenvalue weighted by molar-refractivity contribution is 5.78. The van der Waals surface area contributed by atoms with E-state index < -0.39 is 5.97 Å². The first-order valence-corrected chi connectivity index (χ1v) is 5.43. The lowest BCUT2D eigenvalue weighted by Gasteiger charge is -1.97. The normalized spacial score (nSPS) is 19.5. The summed E-state index contributed by atoms with van der Waals surface area (Å²) in [7, 11) is 0. The van der Waals surface area contributed by atoms with Crippen molar-refractivity contribution in [3.05, 3.63) is 0 Å². The molecule has 88 valence electrons. The van der Waals surface area contributed by atoms with Crippen molar-refractivity contribution < 1.29 is 14.7 Å². The number of nitrogens with one attached hydrogen (secondary N) is 1. The van der Waals surface area contributed by atoms with Gasteiger partial charge in [0, 0.05) is 18.9 Å². The molecule has 4 heteroatoms. The van der Waals surface area contributed by atoms with Crippen molar-refractivity contribution in [2.24, 2.45) is 5.92 Å². The molecule has 1 atom stereocenters. The van der Waals surface area contributed by atoms with Crippen LogP contribution in [-0.2, 0) is 9.59 Å². The molecule has 0 aromatic heterocycles. The maximum absolute atomic E-state index is 10.3. The third-order valence-corrected chi connectivity index (χ3v) is 2.15. The van der Waals surface area contributed by atoms with Crippen molar-refractivity contribution in [1.82, 2.24) is 5.32 Å². The van der Waals surface area contributed by atoms with Crippen molar-refractivity contribution in [3.8, 4) is 0 Å². The van der Waals surface area contributed by atoms with Crippen LogP contribution in [0.2, 0.25) is 0 Å². The van der Waals surface area contributed by atoms with Crippen molar-refractivity contribution >= 4 is 11.9 Å². The Morgan fingerprint density at radius 2 is 2.20 bits per heavy atom. The molecule has 1 rings (SSSR count). The van der Waals surface area contributed by atoms with Crippen molar-refractivity contribution in [3.63, 3.8) is 0 Å². The summed E-state index contributed by atoms with van der Waals surface area (Å²) in [6.07, 6.45) is 2.83. The monoisotopic (exact) mass is 215 g/mol. The van der Waals surface area contributed by atoms with Gasteiger partial charge < -0.3 is 10.4 Å². The molecule has 1 unspecified atom stereocenters. The molecule has 2 N–H and O–H groups in total. The highest BCUT2D eigenvalue weighted by Crippen LogP contribution is 2.03. The highest BCUT2D eigenvalue weighted by atomic mass is 16.4. The zero-order valence-corrected chi connectivity index (χ0v) is 9.75. The highest BCUT2D eigenvalue weighted by Gasteiger charge is 2.14. The Morgan fingerprint density at radius 1 is 1.60 bits per heavy atom. The number of carbonyl (C=O) groups excluding carboxylic acids is 1. The summed E-state index contributed by atoms with van der Waals surface area (Å²) in [5.41, 5.74) is 0. The lowest BCUT2D eigenvalue weighted by atomic mass is 10.1. The van der Waals surface area contributed by atoms with Crippen LogP contribution in [-0.4, -0.2) is 23.0 Å². The first-order valence-electron chi connectivity index (χ1n) is 5.43. The van der Waals surface area contributed by atoms with E-state index in [0.29, 0.717) is 18.4 Å². The van der Waals surface area contributed by atoms with Gasteiger partial charge in [0.1, 0.15) is 0 Å².